The molecule has 6 nitrogen and oxygen atoms in total. The molecule has 1 aromatic heterocycles. The van der Waals surface area contributed by atoms with E-state index >= 15 is 0 Å². The van der Waals surface area contributed by atoms with Crippen molar-refractivity contribution in [2.75, 3.05) is 7.05 Å². The highest BCUT2D eigenvalue weighted by molar-refractivity contribution is 7.07. The van der Waals surface area contributed by atoms with Crippen molar-refractivity contribution < 1.29 is 14.7 Å². The molecular weight excluding hydrogens is 254 g/mol. The van der Waals surface area contributed by atoms with Crippen molar-refractivity contribution >= 4 is 23.3 Å². The zero-order valence-electron chi connectivity index (χ0n) is 10.4. The van der Waals surface area contributed by atoms with Crippen LogP contribution >= 0.6 is 11.3 Å². The van der Waals surface area contributed by atoms with Crippen LogP contribution in [0.5, 0.6) is 0 Å². The normalized spacial score (nSPS) is 11.9. The van der Waals surface area contributed by atoms with Gasteiger partial charge in [-0.25, -0.2) is 14.6 Å². The minimum Gasteiger partial charge on any atom is -0.480 e. The van der Waals surface area contributed by atoms with Crippen LogP contribution in [0, 0.1) is 0 Å². The fraction of sp³-hybridized carbons (Fsp3) is 0.545. The van der Waals surface area contributed by atoms with Gasteiger partial charge in [0.15, 0.2) is 0 Å². The Labute approximate surface area is 110 Å². The van der Waals surface area contributed by atoms with Crippen molar-refractivity contribution in [2.45, 2.75) is 32.4 Å². The lowest BCUT2D eigenvalue weighted by Crippen LogP contribution is -2.46. The standard InChI is InChI=1S/C11H17N3O3S/c1-3-4-9(10(15)16)13-11(17)14(2)5-8-6-18-7-12-8/h6-7,9H,3-5H2,1-2H3,(H,13,17)(H,15,16)/t9-/m1/s1. The van der Waals surface area contributed by atoms with Gasteiger partial charge in [-0.3, -0.25) is 0 Å². The number of nitrogens with one attached hydrogen (secondary N) is 1. The number of carbonyl (C=O) groups is 2. The van der Waals surface area contributed by atoms with Crippen molar-refractivity contribution in [3.05, 3.63) is 16.6 Å². The van der Waals surface area contributed by atoms with Gasteiger partial charge in [0.25, 0.3) is 0 Å². The lowest BCUT2D eigenvalue weighted by atomic mass is 10.2. The van der Waals surface area contributed by atoms with Crippen LogP contribution in [-0.4, -0.2) is 40.1 Å². The number of aromatic nitrogens is 1. The summed E-state index contributed by atoms with van der Waals surface area (Å²) in [5.41, 5.74) is 2.48. The zero-order chi connectivity index (χ0) is 13.5. The fourth-order valence-corrected chi connectivity index (χ4v) is 1.99. The number of urea groups is 1. The third kappa shape index (κ3) is 4.33. The van der Waals surface area contributed by atoms with Gasteiger partial charge in [0.05, 0.1) is 17.7 Å². The SMILES string of the molecule is CCC[C@@H](NC(=O)N(C)Cc1cscn1)C(=O)O. The van der Waals surface area contributed by atoms with Gasteiger partial charge in [-0.1, -0.05) is 13.3 Å². The maximum absolute atomic E-state index is 11.8. The second-order valence-corrected chi connectivity index (χ2v) is 4.68. The Morgan fingerprint density at radius 3 is 2.83 bits per heavy atom. The van der Waals surface area contributed by atoms with Crippen molar-refractivity contribution in [1.29, 1.82) is 0 Å². The van der Waals surface area contributed by atoms with Gasteiger partial charge in [0.2, 0.25) is 0 Å². The van der Waals surface area contributed by atoms with E-state index in [1.807, 2.05) is 12.3 Å². The largest absolute Gasteiger partial charge is 0.480 e. The minimum atomic E-state index is -1.01. The van der Waals surface area contributed by atoms with Crippen molar-refractivity contribution in [1.82, 2.24) is 15.2 Å². The van der Waals surface area contributed by atoms with Crippen LogP contribution in [0.4, 0.5) is 4.79 Å². The topological polar surface area (TPSA) is 82.5 Å². The van der Waals surface area contributed by atoms with Crippen molar-refractivity contribution in [3.63, 3.8) is 0 Å². The molecule has 7 heteroatoms. The first-order valence-corrected chi connectivity index (χ1v) is 6.60. The van der Waals surface area contributed by atoms with Crippen LogP contribution in [0.1, 0.15) is 25.5 Å². The van der Waals surface area contributed by atoms with E-state index in [0.717, 1.165) is 5.69 Å². The quantitative estimate of drug-likeness (QED) is 0.822. The van der Waals surface area contributed by atoms with Gasteiger partial charge in [0, 0.05) is 12.4 Å². The van der Waals surface area contributed by atoms with Crippen LogP contribution in [0.2, 0.25) is 0 Å². The highest BCUT2D eigenvalue weighted by Gasteiger charge is 2.20. The first kappa shape index (κ1) is 14.4. The average Bonchev–Trinajstić information content (AvgIpc) is 2.80. The number of carbonyl (C=O) groups excluding carboxylic acids is 1. The first-order valence-electron chi connectivity index (χ1n) is 5.66. The molecule has 0 aliphatic carbocycles. The minimum absolute atomic E-state index is 0.369. The highest BCUT2D eigenvalue weighted by Crippen LogP contribution is 2.05. The highest BCUT2D eigenvalue weighted by atomic mass is 32.1. The molecule has 100 valence electrons. The van der Waals surface area contributed by atoms with E-state index in [-0.39, 0.29) is 0 Å². The van der Waals surface area contributed by atoms with Gasteiger partial charge < -0.3 is 15.3 Å². The number of aliphatic carboxylic acids is 1. The maximum Gasteiger partial charge on any atom is 0.326 e. The molecule has 2 amide bonds. The van der Waals surface area contributed by atoms with Gasteiger partial charge >= 0.3 is 12.0 Å². The Balaban J connectivity index is 2.50. The summed E-state index contributed by atoms with van der Waals surface area (Å²) < 4.78 is 0. The predicted molar refractivity (Wildman–Crippen MR) is 68.4 cm³/mol. The molecular formula is C11H17N3O3S. The van der Waals surface area contributed by atoms with E-state index in [4.69, 9.17) is 5.11 Å². The van der Waals surface area contributed by atoms with E-state index in [9.17, 15) is 9.59 Å². The molecule has 1 rings (SSSR count). The molecule has 0 fully saturated rings. The summed E-state index contributed by atoms with van der Waals surface area (Å²) in [6.45, 7) is 2.24. The van der Waals surface area contributed by atoms with E-state index < -0.39 is 18.0 Å². The summed E-state index contributed by atoms with van der Waals surface area (Å²) in [7, 11) is 1.61. The molecule has 0 aliphatic rings. The fourth-order valence-electron chi connectivity index (χ4n) is 1.44. The molecule has 0 saturated carbocycles. The Morgan fingerprint density at radius 2 is 2.33 bits per heavy atom. The molecule has 0 aliphatic heterocycles. The average molecular weight is 271 g/mol. The molecule has 0 unspecified atom stereocenters. The molecule has 0 spiro atoms. The number of amides is 2. The zero-order valence-corrected chi connectivity index (χ0v) is 11.2. The van der Waals surface area contributed by atoms with E-state index in [2.05, 4.69) is 10.3 Å². The summed E-state index contributed by atoms with van der Waals surface area (Å²) in [6.07, 6.45) is 1.12. The third-order valence-electron chi connectivity index (χ3n) is 2.40. The van der Waals surface area contributed by atoms with E-state index in [1.165, 1.54) is 16.2 Å². The summed E-state index contributed by atoms with van der Waals surface area (Å²) in [4.78, 5) is 28.2. The summed E-state index contributed by atoms with van der Waals surface area (Å²) in [5.74, 6) is -1.01. The van der Waals surface area contributed by atoms with Gasteiger partial charge in [-0.05, 0) is 6.42 Å². The maximum atomic E-state index is 11.8. The van der Waals surface area contributed by atoms with E-state index in [1.54, 1.807) is 12.6 Å². The smallest absolute Gasteiger partial charge is 0.326 e. The summed E-state index contributed by atoms with van der Waals surface area (Å²) >= 11 is 1.46. The number of carboxylic acids is 1. The Hall–Kier alpha value is -1.63. The number of thiazole rings is 1. The van der Waals surface area contributed by atoms with Gasteiger partial charge in [-0.2, -0.15) is 0 Å². The molecule has 0 radical (unpaired) electrons. The molecule has 0 bridgehead atoms. The van der Waals surface area contributed by atoms with Crippen LogP contribution in [0.25, 0.3) is 0 Å². The lowest BCUT2D eigenvalue weighted by Gasteiger charge is -2.20. The Bertz CT molecular complexity index is 394. The summed E-state index contributed by atoms with van der Waals surface area (Å²) in [6, 6.07) is -1.23. The Kier molecular flexibility index (Phi) is 5.57. The molecule has 0 aromatic carbocycles. The van der Waals surface area contributed by atoms with Crippen LogP contribution in [0.3, 0.4) is 0 Å². The molecule has 0 saturated heterocycles. The number of hydrogen-bond donors (Lipinski definition) is 2. The van der Waals surface area contributed by atoms with Crippen molar-refractivity contribution in [3.8, 4) is 0 Å². The van der Waals surface area contributed by atoms with Gasteiger partial charge in [0.1, 0.15) is 6.04 Å². The van der Waals surface area contributed by atoms with E-state index in [0.29, 0.717) is 19.4 Å². The molecule has 1 atom stereocenters. The summed E-state index contributed by atoms with van der Waals surface area (Å²) in [5, 5.41) is 13.3. The second-order valence-electron chi connectivity index (χ2n) is 3.96. The number of carboxylic acid groups (broad SMARTS) is 1. The monoisotopic (exact) mass is 271 g/mol. The van der Waals surface area contributed by atoms with Gasteiger partial charge in [-0.15, -0.1) is 11.3 Å². The van der Waals surface area contributed by atoms with Crippen LogP contribution in [-0.2, 0) is 11.3 Å². The molecule has 18 heavy (non-hydrogen) atoms. The number of hydrogen-bond acceptors (Lipinski definition) is 4. The molecule has 2 N–H and O–H groups in total. The second kappa shape index (κ2) is 6.95. The number of nitrogens with zero attached hydrogens (tertiary/aromatic N) is 2. The lowest BCUT2D eigenvalue weighted by molar-refractivity contribution is -0.139. The predicted octanol–water partition coefficient (Wildman–Crippen LogP) is 1.54. The van der Waals surface area contributed by atoms with Crippen LogP contribution in [0.15, 0.2) is 10.9 Å². The third-order valence-corrected chi connectivity index (χ3v) is 3.04. The molecule has 1 heterocycles. The van der Waals surface area contributed by atoms with Crippen LogP contribution < -0.4 is 5.32 Å². The van der Waals surface area contributed by atoms with Crippen molar-refractivity contribution in [2.24, 2.45) is 0 Å². The molecule has 1 aromatic rings. The first-order chi connectivity index (χ1) is 8.54. The number of rotatable bonds is 6. The Morgan fingerprint density at radius 1 is 1.61 bits per heavy atom.